The smallest absolute Gasteiger partial charge is 0.191 e. The highest BCUT2D eigenvalue weighted by molar-refractivity contribution is 5.80. The van der Waals surface area contributed by atoms with Crippen molar-refractivity contribution in [2.24, 2.45) is 4.99 Å². The fraction of sp³-hybridized carbons (Fsp3) is 0.480. The Balaban J connectivity index is 1.50. The van der Waals surface area contributed by atoms with Crippen LogP contribution in [0, 0.1) is 0 Å². The predicted octanol–water partition coefficient (Wildman–Crippen LogP) is 4.20. The number of nitrogens with one attached hydrogen (secondary N) is 2. The molecular weight excluding hydrogens is 374 g/mol. The quantitative estimate of drug-likeness (QED) is 0.589. The fourth-order valence-electron chi connectivity index (χ4n) is 4.66. The van der Waals surface area contributed by atoms with Crippen molar-refractivity contribution in [2.45, 2.75) is 50.2 Å². The molecule has 1 saturated heterocycles. The van der Waals surface area contributed by atoms with Crippen LogP contribution in [0.4, 0.5) is 0 Å². The molecule has 1 fully saturated rings. The lowest BCUT2D eigenvalue weighted by Gasteiger charge is -2.40. The van der Waals surface area contributed by atoms with Gasteiger partial charge in [0.05, 0.1) is 6.04 Å². The topological polar surface area (TPSA) is 54.9 Å². The Morgan fingerprint density at radius 1 is 1.03 bits per heavy atom. The molecule has 1 unspecified atom stereocenters. The van der Waals surface area contributed by atoms with Gasteiger partial charge >= 0.3 is 0 Å². The third-order valence-electron chi connectivity index (χ3n) is 6.34. The van der Waals surface area contributed by atoms with Gasteiger partial charge in [-0.05, 0) is 38.3 Å². The zero-order chi connectivity index (χ0) is 21.0. The molecule has 0 bridgehead atoms. The Kier molecular flexibility index (Phi) is 6.00. The van der Waals surface area contributed by atoms with E-state index in [1.165, 1.54) is 11.1 Å². The van der Waals surface area contributed by atoms with Crippen molar-refractivity contribution in [3.05, 3.63) is 65.7 Å². The SMILES string of the molecule is CN=C(NCC1(c2ccccc2)CCOCC1)NC1CC(C)(C)Oc2ccccc21. The summed E-state index contributed by atoms with van der Waals surface area (Å²) in [7, 11) is 1.84. The molecule has 4 rings (SSSR count). The van der Waals surface area contributed by atoms with Crippen molar-refractivity contribution in [3.8, 4) is 5.75 Å². The first-order valence-corrected chi connectivity index (χ1v) is 10.9. The number of ether oxygens (including phenoxy) is 2. The molecule has 30 heavy (non-hydrogen) atoms. The van der Waals surface area contributed by atoms with Crippen molar-refractivity contribution in [2.75, 3.05) is 26.8 Å². The average Bonchev–Trinajstić information content (AvgIpc) is 2.77. The second-order valence-electron chi connectivity index (χ2n) is 8.99. The van der Waals surface area contributed by atoms with Gasteiger partial charge in [-0.25, -0.2) is 0 Å². The van der Waals surface area contributed by atoms with Crippen LogP contribution in [0.5, 0.6) is 5.75 Å². The first-order chi connectivity index (χ1) is 14.5. The molecule has 5 heteroatoms. The average molecular weight is 408 g/mol. The highest BCUT2D eigenvalue weighted by Gasteiger charge is 2.36. The molecule has 2 aliphatic heterocycles. The number of benzene rings is 2. The molecule has 0 aliphatic carbocycles. The Labute approximate surface area is 179 Å². The van der Waals surface area contributed by atoms with Crippen LogP contribution in [0.1, 0.15) is 50.3 Å². The van der Waals surface area contributed by atoms with Crippen LogP contribution >= 0.6 is 0 Å². The maximum atomic E-state index is 6.18. The summed E-state index contributed by atoms with van der Waals surface area (Å²) in [5.74, 6) is 1.78. The van der Waals surface area contributed by atoms with Crippen LogP contribution in [-0.2, 0) is 10.2 Å². The summed E-state index contributed by atoms with van der Waals surface area (Å²) in [5, 5.41) is 7.28. The van der Waals surface area contributed by atoms with Crippen molar-refractivity contribution in [1.29, 1.82) is 0 Å². The van der Waals surface area contributed by atoms with Gasteiger partial charge in [-0.15, -0.1) is 0 Å². The zero-order valence-electron chi connectivity index (χ0n) is 18.3. The van der Waals surface area contributed by atoms with Crippen molar-refractivity contribution in [1.82, 2.24) is 10.6 Å². The molecule has 0 saturated carbocycles. The van der Waals surface area contributed by atoms with Gasteiger partial charge in [-0.1, -0.05) is 48.5 Å². The zero-order valence-corrected chi connectivity index (χ0v) is 18.3. The minimum Gasteiger partial charge on any atom is -0.487 e. The van der Waals surface area contributed by atoms with E-state index in [1.807, 2.05) is 19.2 Å². The molecule has 2 aromatic rings. The number of aliphatic imine (C=N–C) groups is 1. The van der Waals surface area contributed by atoms with E-state index in [2.05, 4.69) is 71.9 Å². The molecule has 1 atom stereocenters. The molecule has 2 heterocycles. The van der Waals surface area contributed by atoms with E-state index in [4.69, 9.17) is 9.47 Å². The van der Waals surface area contributed by atoms with Gasteiger partial charge in [-0.2, -0.15) is 0 Å². The van der Waals surface area contributed by atoms with Crippen LogP contribution < -0.4 is 15.4 Å². The number of guanidine groups is 1. The van der Waals surface area contributed by atoms with Gasteiger partial charge in [0.2, 0.25) is 0 Å². The van der Waals surface area contributed by atoms with Crippen LogP contribution in [0.2, 0.25) is 0 Å². The largest absolute Gasteiger partial charge is 0.487 e. The molecule has 2 aliphatic rings. The molecule has 5 nitrogen and oxygen atoms in total. The number of para-hydroxylation sites is 1. The first kappa shape index (κ1) is 20.7. The maximum Gasteiger partial charge on any atom is 0.191 e. The van der Waals surface area contributed by atoms with E-state index in [1.54, 1.807) is 0 Å². The highest BCUT2D eigenvalue weighted by atomic mass is 16.5. The van der Waals surface area contributed by atoms with Crippen LogP contribution in [-0.4, -0.2) is 38.4 Å². The first-order valence-electron chi connectivity index (χ1n) is 10.9. The summed E-state index contributed by atoms with van der Waals surface area (Å²) >= 11 is 0. The Morgan fingerprint density at radius 2 is 1.73 bits per heavy atom. The monoisotopic (exact) mass is 407 g/mol. The molecule has 2 aromatic carbocycles. The predicted molar refractivity (Wildman–Crippen MR) is 121 cm³/mol. The van der Waals surface area contributed by atoms with Crippen molar-refractivity contribution < 1.29 is 9.47 Å². The van der Waals surface area contributed by atoms with E-state index in [0.717, 1.165) is 50.7 Å². The molecule has 0 aromatic heterocycles. The van der Waals surface area contributed by atoms with E-state index < -0.39 is 0 Å². The van der Waals surface area contributed by atoms with Crippen LogP contribution in [0.15, 0.2) is 59.6 Å². The number of nitrogens with zero attached hydrogens (tertiary/aromatic N) is 1. The maximum absolute atomic E-state index is 6.18. The van der Waals surface area contributed by atoms with E-state index in [9.17, 15) is 0 Å². The Hall–Kier alpha value is -2.53. The number of hydrogen-bond donors (Lipinski definition) is 2. The van der Waals surface area contributed by atoms with E-state index >= 15 is 0 Å². The lowest BCUT2D eigenvalue weighted by molar-refractivity contribution is 0.0511. The summed E-state index contributed by atoms with van der Waals surface area (Å²) in [6, 6.07) is 19.2. The molecular formula is C25H33N3O2. The second kappa shape index (κ2) is 8.68. The normalized spacial score (nSPS) is 22.5. The van der Waals surface area contributed by atoms with Gasteiger partial charge in [0, 0.05) is 44.2 Å². The second-order valence-corrected chi connectivity index (χ2v) is 8.99. The molecule has 0 radical (unpaired) electrons. The van der Waals surface area contributed by atoms with Gasteiger partial charge in [0.25, 0.3) is 0 Å². The summed E-state index contributed by atoms with van der Waals surface area (Å²) in [5.41, 5.74) is 2.39. The van der Waals surface area contributed by atoms with Crippen LogP contribution in [0.3, 0.4) is 0 Å². The lowest BCUT2D eigenvalue weighted by atomic mass is 9.74. The minimum atomic E-state index is -0.225. The number of hydrogen-bond acceptors (Lipinski definition) is 3. The van der Waals surface area contributed by atoms with Crippen molar-refractivity contribution in [3.63, 3.8) is 0 Å². The molecule has 0 amide bonds. The minimum absolute atomic E-state index is 0.0595. The fourth-order valence-corrected chi connectivity index (χ4v) is 4.66. The third kappa shape index (κ3) is 4.46. The van der Waals surface area contributed by atoms with Gasteiger partial charge in [0.1, 0.15) is 11.4 Å². The molecule has 0 spiro atoms. The van der Waals surface area contributed by atoms with Crippen molar-refractivity contribution >= 4 is 5.96 Å². The van der Waals surface area contributed by atoms with E-state index in [0.29, 0.717) is 0 Å². The molecule has 160 valence electrons. The summed E-state index contributed by atoms with van der Waals surface area (Å²) in [6.07, 6.45) is 2.89. The third-order valence-corrected chi connectivity index (χ3v) is 6.34. The summed E-state index contributed by atoms with van der Waals surface area (Å²) in [4.78, 5) is 4.53. The lowest BCUT2D eigenvalue weighted by Crippen LogP contribution is -2.50. The van der Waals surface area contributed by atoms with Crippen LogP contribution in [0.25, 0.3) is 0 Å². The Bertz CT molecular complexity index is 873. The Morgan fingerprint density at radius 3 is 2.47 bits per heavy atom. The number of rotatable bonds is 4. The van der Waals surface area contributed by atoms with Gasteiger partial charge in [0.15, 0.2) is 5.96 Å². The van der Waals surface area contributed by atoms with Gasteiger partial charge in [-0.3, -0.25) is 4.99 Å². The number of fused-ring (bicyclic) bond motifs is 1. The molecule has 2 N–H and O–H groups in total. The standard InChI is InChI=1S/C25H33N3O2/c1-24(2)17-21(20-11-7-8-12-22(20)30-24)28-23(26-3)27-18-25(13-15-29-16-14-25)19-9-5-4-6-10-19/h4-12,21H,13-18H2,1-3H3,(H2,26,27,28). The summed E-state index contributed by atoms with van der Waals surface area (Å²) in [6.45, 7) is 6.70. The van der Waals surface area contributed by atoms with Gasteiger partial charge < -0.3 is 20.1 Å². The highest BCUT2D eigenvalue weighted by Crippen LogP contribution is 2.39. The summed E-state index contributed by atoms with van der Waals surface area (Å²) < 4.78 is 11.9. The van der Waals surface area contributed by atoms with E-state index in [-0.39, 0.29) is 17.1 Å².